The average Bonchev–Trinajstić information content (AvgIpc) is 2.84. The Labute approximate surface area is 111 Å². The second-order valence-corrected chi connectivity index (χ2v) is 4.89. The Bertz CT molecular complexity index is 835. The summed E-state index contributed by atoms with van der Waals surface area (Å²) in [5.41, 5.74) is -0.0281. The lowest BCUT2D eigenvalue weighted by molar-refractivity contribution is 0.103. The Balaban J connectivity index is 2.15. The molecule has 0 unspecified atom stereocenters. The molecule has 2 aromatic heterocycles. The van der Waals surface area contributed by atoms with Crippen LogP contribution in [-0.2, 0) is 0 Å². The van der Waals surface area contributed by atoms with Crippen LogP contribution in [0.5, 0.6) is 5.75 Å². The van der Waals surface area contributed by atoms with Crippen molar-refractivity contribution in [3.05, 3.63) is 63.5 Å². The van der Waals surface area contributed by atoms with E-state index in [-0.39, 0.29) is 22.7 Å². The number of phenols is 1. The largest absolute Gasteiger partial charge is 0.507 e. The van der Waals surface area contributed by atoms with Gasteiger partial charge in [-0.15, -0.1) is 0 Å². The first-order valence-electron chi connectivity index (χ1n) is 5.47. The van der Waals surface area contributed by atoms with E-state index in [0.29, 0.717) is 9.84 Å². The normalized spacial score (nSPS) is 10.7. The fraction of sp³-hybridized carbons (Fsp3) is 0. The average molecular weight is 272 g/mol. The summed E-state index contributed by atoms with van der Waals surface area (Å²) in [7, 11) is 0. The fourth-order valence-corrected chi connectivity index (χ4v) is 2.65. The van der Waals surface area contributed by atoms with Crippen molar-refractivity contribution in [2.75, 3.05) is 0 Å². The Morgan fingerprint density at radius 3 is 2.79 bits per heavy atom. The highest BCUT2D eigenvalue weighted by Gasteiger charge is 2.16. The molecule has 1 aromatic carbocycles. The second-order valence-electron chi connectivity index (χ2n) is 3.88. The molecule has 0 spiro atoms. The van der Waals surface area contributed by atoms with E-state index in [1.54, 1.807) is 12.1 Å². The number of hydrogen-bond donors (Lipinski definition) is 1. The van der Waals surface area contributed by atoms with Gasteiger partial charge in [0.05, 0.1) is 10.4 Å². The lowest BCUT2D eigenvalue weighted by atomic mass is 10.1. The zero-order valence-electron chi connectivity index (χ0n) is 9.61. The molecule has 5 nitrogen and oxygen atoms in total. The van der Waals surface area contributed by atoms with E-state index in [4.69, 9.17) is 0 Å². The van der Waals surface area contributed by atoms with Gasteiger partial charge >= 0.3 is 0 Å². The molecule has 94 valence electrons. The van der Waals surface area contributed by atoms with Gasteiger partial charge in [0.1, 0.15) is 5.75 Å². The summed E-state index contributed by atoms with van der Waals surface area (Å²) in [6.07, 6.45) is 2.85. The van der Waals surface area contributed by atoms with Crippen molar-refractivity contribution in [1.29, 1.82) is 0 Å². The second kappa shape index (κ2) is 4.33. The third-order valence-electron chi connectivity index (χ3n) is 2.67. The number of aromatic hydroxyl groups is 1. The summed E-state index contributed by atoms with van der Waals surface area (Å²) in [5, 5.41) is 9.67. The number of hydrogen-bond acceptors (Lipinski definition) is 5. The SMILES string of the molecule is O=C(c1cn2c(=O)ccnc2s1)c1ccccc1O. The molecule has 0 amide bonds. The number of ketones is 1. The van der Waals surface area contributed by atoms with E-state index in [1.165, 1.54) is 35.0 Å². The van der Waals surface area contributed by atoms with Crippen molar-refractivity contribution in [2.45, 2.75) is 0 Å². The molecule has 2 heterocycles. The number of nitrogens with zero attached hydrogens (tertiary/aromatic N) is 2. The monoisotopic (exact) mass is 272 g/mol. The van der Waals surface area contributed by atoms with Gasteiger partial charge in [0.25, 0.3) is 5.56 Å². The van der Waals surface area contributed by atoms with Crippen molar-refractivity contribution >= 4 is 22.1 Å². The number of thiazole rings is 1. The summed E-state index contributed by atoms with van der Waals surface area (Å²) in [4.78, 5) is 28.7. The highest BCUT2D eigenvalue weighted by atomic mass is 32.1. The smallest absolute Gasteiger partial charge is 0.258 e. The number of aromatic nitrogens is 2. The maximum atomic E-state index is 12.3. The zero-order valence-corrected chi connectivity index (χ0v) is 10.4. The number of carbonyl (C=O) groups excluding carboxylic acids is 1. The van der Waals surface area contributed by atoms with Gasteiger partial charge in [-0.2, -0.15) is 0 Å². The van der Waals surface area contributed by atoms with Gasteiger partial charge in [0.15, 0.2) is 4.96 Å². The lowest BCUT2D eigenvalue weighted by Crippen LogP contribution is -2.09. The number of phenolic OH excluding ortho intramolecular Hbond substituents is 1. The van der Waals surface area contributed by atoms with Crippen LogP contribution in [0.3, 0.4) is 0 Å². The molecule has 0 fully saturated rings. The van der Waals surface area contributed by atoms with Gasteiger partial charge in [-0.3, -0.25) is 14.0 Å². The minimum absolute atomic E-state index is 0.0785. The number of fused-ring (bicyclic) bond motifs is 1. The predicted molar refractivity (Wildman–Crippen MR) is 70.9 cm³/mol. The van der Waals surface area contributed by atoms with Crippen LogP contribution >= 0.6 is 11.3 Å². The fourth-order valence-electron chi connectivity index (χ4n) is 1.74. The van der Waals surface area contributed by atoms with E-state index in [1.807, 2.05) is 0 Å². The van der Waals surface area contributed by atoms with E-state index < -0.39 is 0 Å². The van der Waals surface area contributed by atoms with E-state index >= 15 is 0 Å². The summed E-state index contributed by atoms with van der Waals surface area (Å²) in [6.45, 7) is 0. The van der Waals surface area contributed by atoms with Crippen LogP contribution in [0.2, 0.25) is 0 Å². The molecule has 0 saturated carbocycles. The minimum atomic E-state index is -0.326. The van der Waals surface area contributed by atoms with Crippen LogP contribution in [0.15, 0.2) is 47.5 Å². The van der Waals surface area contributed by atoms with Gasteiger partial charge in [-0.1, -0.05) is 23.5 Å². The Morgan fingerprint density at radius 2 is 2.05 bits per heavy atom. The number of carbonyl (C=O) groups is 1. The molecule has 0 aliphatic rings. The Kier molecular flexibility index (Phi) is 2.64. The van der Waals surface area contributed by atoms with E-state index in [9.17, 15) is 14.7 Å². The first kappa shape index (κ1) is 11.6. The van der Waals surface area contributed by atoms with Crippen molar-refractivity contribution in [1.82, 2.24) is 9.38 Å². The van der Waals surface area contributed by atoms with Crippen molar-refractivity contribution in [3.63, 3.8) is 0 Å². The van der Waals surface area contributed by atoms with Crippen LogP contribution in [0.4, 0.5) is 0 Å². The molecule has 3 aromatic rings. The summed E-state index contributed by atoms with van der Waals surface area (Å²) >= 11 is 1.11. The number of para-hydroxylation sites is 1. The van der Waals surface area contributed by atoms with Crippen LogP contribution in [0.1, 0.15) is 15.2 Å². The summed E-state index contributed by atoms with van der Waals surface area (Å²) < 4.78 is 1.32. The van der Waals surface area contributed by atoms with Crippen molar-refractivity contribution < 1.29 is 9.90 Å². The van der Waals surface area contributed by atoms with Gasteiger partial charge < -0.3 is 5.11 Å². The molecule has 0 aliphatic carbocycles. The highest BCUT2D eigenvalue weighted by molar-refractivity contribution is 7.19. The lowest BCUT2D eigenvalue weighted by Gasteiger charge is -1.99. The van der Waals surface area contributed by atoms with Gasteiger partial charge in [0, 0.05) is 18.5 Å². The molecule has 0 bridgehead atoms. The third kappa shape index (κ3) is 1.92. The van der Waals surface area contributed by atoms with E-state index in [2.05, 4.69) is 4.98 Å². The maximum Gasteiger partial charge on any atom is 0.258 e. The quantitative estimate of drug-likeness (QED) is 0.721. The van der Waals surface area contributed by atoms with Gasteiger partial charge in [-0.05, 0) is 12.1 Å². The molecule has 6 heteroatoms. The van der Waals surface area contributed by atoms with Crippen LogP contribution in [-0.4, -0.2) is 20.3 Å². The molecule has 0 radical (unpaired) electrons. The summed E-state index contributed by atoms with van der Waals surface area (Å²) in [5.74, 6) is -0.404. The first-order chi connectivity index (χ1) is 9.16. The van der Waals surface area contributed by atoms with Gasteiger partial charge in [-0.25, -0.2) is 4.98 Å². The molecule has 0 aliphatic heterocycles. The Morgan fingerprint density at radius 1 is 1.26 bits per heavy atom. The number of benzene rings is 1. The molecule has 0 saturated heterocycles. The van der Waals surface area contributed by atoms with Crippen molar-refractivity contribution in [2.24, 2.45) is 0 Å². The van der Waals surface area contributed by atoms with Crippen LogP contribution in [0.25, 0.3) is 4.96 Å². The first-order valence-corrected chi connectivity index (χ1v) is 6.28. The molecular formula is C13H8N2O3S. The van der Waals surface area contributed by atoms with E-state index in [0.717, 1.165) is 11.3 Å². The maximum absolute atomic E-state index is 12.3. The van der Waals surface area contributed by atoms with Crippen LogP contribution < -0.4 is 5.56 Å². The van der Waals surface area contributed by atoms with Gasteiger partial charge in [0.2, 0.25) is 5.78 Å². The molecule has 1 N–H and O–H groups in total. The minimum Gasteiger partial charge on any atom is -0.507 e. The third-order valence-corrected chi connectivity index (χ3v) is 3.66. The molecule has 19 heavy (non-hydrogen) atoms. The Hall–Kier alpha value is -2.47. The zero-order chi connectivity index (χ0) is 13.4. The predicted octanol–water partition coefficient (Wildman–Crippen LogP) is 1.69. The standard InChI is InChI=1S/C13H8N2O3S/c16-9-4-2-1-3-8(9)12(18)10-7-15-11(17)5-6-14-13(15)19-10/h1-7,16H. The number of rotatable bonds is 2. The summed E-state index contributed by atoms with van der Waals surface area (Å²) in [6, 6.07) is 7.63. The topological polar surface area (TPSA) is 71.7 Å². The molecule has 3 rings (SSSR count). The van der Waals surface area contributed by atoms with Crippen molar-refractivity contribution in [3.8, 4) is 5.75 Å². The molecular weight excluding hydrogens is 264 g/mol. The molecule has 0 atom stereocenters. The highest BCUT2D eigenvalue weighted by Crippen LogP contribution is 2.23. The van der Waals surface area contributed by atoms with Crippen LogP contribution in [0, 0.1) is 0 Å².